The molecule has 1 aliphatic heterocycles. The molecule has 19 heavy (non-hydrogen) atoms. The van der Waals surface area contributed by atoms with Crippen LogP contribution in [0.25, 0.3) is 0 Å². The molecular formula is C14H21ClN2O2. The van der Waals surface area contributed by atoms with E-state index in [-0.39, 0.29) is 31.0 Å². The zero-order chi connectivity index (χ0) is 13.0. The highest BCUT2D eigenvalue weighted by molar-refractivity contribution is 5.85. The Labute approximate surface area is 120 Å². The summed E-state index contributed by atoms with van der Waals surface area (Å²) in [6.07, 6.45) is 1.77. The van der Waals surface area contributed by atoms with Gasteiger partial charge in [0.1, 0.15) is 5.75 Å². The lowest BCUT2D eigenvalue weighted by Gasteiger charge is -2.30. The highest BCUT2D eigenvalue weighted by Crippen LogP contribution is 2.13. The Balaban J connectivity index is 0.00000180. The van der Waals surface area contributed by atoms with Crippen molar-refractivity contribution >= 4 is 18.3 Å². The zero-order valence-corrected chi connectivity index (χ0v) is 12.0. The Morgan fingerprint density at radius 3 is 2.74 bits per heavy atom. The third kappa shape index (κ3) is 4.73. The summed E-state index contributed by atoms with van der Waals surface area (Å²) in [7, 11) is 0. The van der Waals surface area contributed by atoms with Crippen molar-refractivity contribution in [1.82, 2.24) is 4.90 Å². The average molecular weight is 285 g/mol. The van der Waals surface area contributed by atoms with Crippen LogP contribution in [-0.4, -0.2) is 36.5 Å². The second kappa shape index (κ2) is 7.36. The van der Waals surface area contributed by atoms with Crippen LogP contribution in [0.15, 0.2) is 24.3 Å². The number of likely N-dealkylation sites (tertiary alicyclic amines) is 1. The van der Waals surface area contributed by atoms with Gasteiger partial charge in [-0.05, 0) is 37.5 Å². The van der Waals surface area contributed by atoms with Crippen LogP contribution in [-0.2, 0) is 4.79 Å². The highest BCUT2D eigenvalue weighted by Gasteiger charge is 2.20. The summed E-state index contributed by atoms with van der Waals surface area (Å²) >= 11 is 0. The van der Waals surface area contributed by atoms with Crippen LogP contribution in [0.2, 0.25) is 0 Å². The minimum atomic E-state index is 0. The summed E-state index contributed by atoms with van der Waals surface area (Å²) in [5.41, 5.74) is 6.94. The molecule has 106 valence electrons. The van der Waals surface area contributed by atoms with Gasteiger partial charge in [-0.2, -0.15) is 0 Å². The molecule has 1 fully saturated rings. The van der Waals surface area contributed by atoms with Gasteiger partial charge in [0, 0.05) is 19.1 Å². The Morgan fingerprint density at radius 1 is 1.42 bits per heavy atom. The first-order chi connectivity index (χ1) is 8.65. The smallest absolute Gasteiger partial charge is 0.260 e. The lowest BCUT2D eigenvalue weighted by atomic mass is 10.1. The Kier molecular flexibility index (Phi) is 6.12. The molecule has 5 heteroatoms. The van der Waals surface area contributed by atoms with Gasteiger partial charge in [0.25, 0.3) is 5.91 Å². The van der Waals surface area contributed by atoms with Crippen LogP contribution < -0.4 is 10.5 Å². The lowest BCUT2D eigenvalue weighted by Crippen LogP contribution is -2.44. The van der Waals surface area contributed by atoms with Crippen molar-refractivity contribution in [3.8, 4) is 5.75 Å². The summed E-state index contributed by atoms with van der Waals surface area (Å²) in [5.74, 6) is 0.792. The first kappa shape index (κ1) is 15.8. The molecule has 1 aromatic carbocycles. The lowest BCUT2D eigenvalue weighted by molar-refractivity contribution is -0.134. The van der Waals surface area contributed by atoms with Gasteiger partial charge in [0.15, 0.2) is 6.61 Å². The van der Waals surface area contributed by atoms with Gasteiger partial charge in [-0.3, -0.25) is 4.79 Å². The monoisotopic (exact) mass is 284 g/mol. The number of carbonyl (C=O) groups is 1. The normalized spacial score (nSPS) is 15.8. The predicted octanol–water partition coefficient (Wildman–Crippen LogP) is 1.75. The van der Waals surface area contributed by atoms with E-state index in [4.69, 9.17) is 10.5 Å². The van der Waals surface area contributed by atoms with Gasteiger partial charge in [0.05, 0.1) is 0 Å². The third-order valence-corrected chi connectivity index (χ3v) is 3.24. The maximum atomic E-state index is 11.9. The standard InChI is InChI=1S/C14H20N2O2.ClH/c1-11-3-2-4-13(9-11)18-10-14(17)16-7-5-12(15)6-8-16;/h2-4,9,12H,5-8,10,15H2,1H3;1H. The Morgan fingerprint density at radius 2 is 2.11 bits per heavy atom. The van der Waals surface area contributed by atoms with Gasteiger partial charge in [0.2, 0.25) is 0 Å². The van der Waals surface area contributed by atoms with Crippen molar-refractivity contribution in [1.29, 1.82) is 0 Å². The fourth-order valence-electron chi connectivity index (χ4n) is 2.09. The van der Waals surface area contributed by atoms with E-state index < -0.39 is 0 Å². The van der Waals surface area contributed by atoms with E-state index in [1.54, 1.807) is 0 Å². The minimum Gasteiger partial charge on any atom is -0.484 e. The zero-order valence-electron chi connectivity index (χ0n) is 11.2. The van der Waals surface area contributed by atoms with E-state index in [0.717, 1.165) is 37.2 Å². The van der Waals surface area contributed by atoms with E-state index in [0.29, 0.717) is 0 Å². The molecule has 4 nitrogen and oxygen atoms in total. The molecule has 2 N–H and O–H groups in total. The molecule has 0 unspecified atom stereocenters. The number of nitrogens with zero attached hydrogens (tertiary/aromatic N) is 1. The van der Waals surface area contributed by atoms with Crippen LogP contribution in [0.5, 0.6) is 5.75 Å². The van der Waals surface area contributed by atoms with Gasteiger partial charge in [-0.25, -0.2) is 0 Å². The first-order valence-electron chi connectivity index (χ1n) is 6.38. The predicted molar refractivity (Wildman–Crippen MR) is 77.7 cm³/mol. The van der Waals surface area contributed by atoms with Crippen LogP contribution in [0.1, 0.15) is 18.4 Å². The van der Waals surface area contributed by atoms with Crippen LogP contribution in [0, 0.1) is 6.92 Å². The number of ether oxygens (including phenoxy) is 1. The van der Waals surface area contributed by atoms with Crippen molar-refractivity contribution in [3.63, 3.8) is 0 Å². The van der Waals surface area contributed by atoms with E-state index in [2.05, 4.69) is 0 Å². The van der Waals surface area contributed by atoms with E-state index in [1.165, 1.54) is 0 Å². The molecule has 1 amide bonds. The highest BCUT2D eigenvalue weighted by atomic mass is 35.5. The number of halogens is 1. The fourth-order valence-corrected chi connectivity index (χ4v) is 2.09. The Bertz CT molecular complexity index is 418. The third-order valence-electron chi connectivity index (χ3n) is 3.24. The topological polar surface area (TPSA) is 55.6 Å². The van der Waals surface area contributed by atoms with Crippen LogP contribution in [0.4, 0.5) is 0 Å². The molecule has 0 saturated carbocycles. The van der Waals surface area contributed by atoms with Gasteiger partial charge >= 0.3 is 0 Å². The maximum Gasteiger partial charge on any atom is 0.260 e. The molecular weight excluding hydrogens is 264 g/mol. The minimum absolute atomic E-state index is 0. The quantitative estimate of drug-likeness (QED) is 0.920. The number of benzene rings is 1. The van der Waals surface area contributed by atoms with Gasteiger partial charge in [-0.15, -0.1) is 12.4 Å². The molecule has 1 saturated heterocycles. The van der Waals surface area contributed by atoms with Crippen molar-refractivity contribution in [2.24, 2.45) is 5.73 Å². The molecule has 0 aromatic heterocycles. The summed E-state index contributed by atoms with van der Waals surface area (Å²) in [5, 5.41) is 0. The molecule has 1 aliphatic rings. The van der Waals surface area contributed by atoms with Crippen LogP contribution >= 0.6 is 12.4 Å². The first-order valence-corrected chi connectivity index (χ1v) is 6.38. The molecule has 0 spiro atoms. The van der Waals surface area contributed by atoms with E-state index >= 15 is 0 Å². The number of rotatable bonds is 3. The summed E-state index contributed by atoms with van der Waals surface area (Å²) in [6.45, 7) is 3.60. The fraction of sp³-hybridized carbons (Fsp3) is 0.500. The van der Waals surface area contributed by atoms with E-state index in [1.807, 2.05) is 36.1 Å². The number of hydrogen-bond acceptors (Lipinski definition) is 3. The molecule has 2 rings (SSSR count). The number of aryl methyl sites for hydroxylation is 1. The van der Waals surface area contributed by atoms with Crippen molar-refractivity contribution < 1.29 is 9.53 Å². The molecule has 0 radical (unpaired) electrons. The number of amides is 1. The maximum absolute atomic E-state index is 11.9. The largest absolute Gasteiger partial charge is 0.484 e. The average Bonchev–Trinajstić information content (AvgIpc) is 2.37. The second-order valence-electron chi connectivity index (χ2n) is 4.82. The van der Waals surface area contributed by atoms with Gasteiger partial charge < -0.3 is 15.4 Å². The van der Waals surface area contributed by atoms with Gasteiger partial charge in [-0.1, -0.05) is 12.1 Å². The van der Waals surface area contributed by atoms with Crippen LogP contribution in [0.3, 0.4) is 0 Å². The molecule has 1 heterocycles. The molecule has 0 atom stereocenters. The van der Waals surface area contributed by atoms with Crippen molar-refractivity contribution in [2.75, 3.05) is 19.7 Å². The summed E-state index contributed by atoms with van der Waals surface area (Å²) in [4.78, 5) is 13.8. The number of carbonyl (C=O) groups excluding carboxylic acids is 1. The second-order valence-corrected chi connectivity index (χ2v) is 4.82. The molecule has 0 bridgehead atoms. The van der Waals surface area contributed by atoms with E-state index in [9.17, 15) is 4.79 Å². The SMILES string of the molecule is Cc1cccc(OCC(=O)N2CCC(N)CC2)c1.Cl. The molecule has 0 aliphatic carbocycles. The van der Waals surface area contributed by atoms with Crippen molar-refractivity contribution in [2.45, 2.75) is 25.8 Å². The number of nitrogens with two attached hydrogens (primary N) is 1. The summed E-state index contributed by atoms with van der Waals surface area (Å²) in [6, 6.07) is 7.97. The van der Waals surface area contributed by atoms with Crippen molar-refractivity contribution in [3.05, 3.63) is 29.8 Å². The number of hydrogen-bond donors (Lipinski definition) is 1. The summed E-state index contributed by atoms with van der Waals surface area (Å²) < 4.78 is 5.51. The number of piperidine rings is 1. The Hall–Kier alpha value is -1.26. The molecule has 1 aromatic rings.